The molecule has 1 aliphatic heterocycles. The minimum absolute atomic E-state index is 0.0767. The highest BCUT2D eigenvalue weighted by Crippen LogP contribution is 2.48. The zero-order valence-electron chi connectivity index (χ0n) is 17.7. The van der Waals surface area contributed by atoms with Crippen LogP contribution in [0.3, 0.4) is 0 Å². The summed E-state index contributed by atoms with van der Waals surface area (Å²) in [7, 11) is 0. The third-order valence-electron chi connectivity index (χ3n) is 6.63. The minimum atomic E-state index is -0.0767. The van der Waals surface area contributed by atoms with Crippen LogP contribution < -0.4 is 10.2 Å². The van der Waals surface area contributed by atoms with Crippen molar-refractivity contribution in [1.29, 1.82) is 0 Å². The third-order valence-corrected chi connectivity index (χ3v) is 6.63. The van der Waals surface area contributed by atoms with E-state index >= 15 is 0 Å². The first-order chi connectivity index (χ1) is 14.7. The quantitative estimate of drug-likeness (QED) is 0.557. The standard InChI is InChI=1S/C27H28N2O/c1-3-29(4-2)20-15-12-19(13-16-20)27-26-22(10-7-11-24(26)30)25-21-9-6-5-8-18(21)14-17-23(25)28-27/h5-6,8-9,12-17,27-28H,3-4,7,10-11H2,1-2H3/t27-/m0/s1. The van der Waals surface area contributed by atoms with Gasteiger partial charge in [-0.2, -0.15) is 0 Å². The summed E-state index contributed by atoms with van der Waals surface area (Å²) in [6.07, 6.45) is 2.56. The van der Waals surface area contributed by atoms with Gasteiger partial charge in [0.25, 0.3) is 0 Å². The number of Topliss-reactive ketones (excluding diaryl/α,β-unsaturated/α-hetero) is 1. The molecule has 3 nitrogen and oxygen atoms in total. The fourth-order valence-corrected chi connectivity index (χ4v) is 5.12. The van der Waals surface area contributed by atoms with Gasteiger partial charge in [-0.3, -0.25) is 4.79 Å². The van der Waals surface area contributed by atoms with E-state index in [0.29, 0.717) is 12.2 Å². The molecule has 3 aromatic rings. The topological polar surface area (TPSA) is 32.3 Å². The molecule has 1 N–H and O–H groups in total. The molecule has 3 heteroatoms. The lowest BCUT2D eigenvalue weighted by Crippen LogP contribution is -2.27. The van der Waals surface area contributed by atoms with E-state index in [2.05, 4.69) is 84.7 Å². The molecule has 0 saturated carbocycles. The molecule has 0 fully saturated rings. The highest BCUT2D eigenvalue weighted by molar-refractivity contribution is 6.12. The van der Waals surface area contributed by atoms with Gasteiger partial charge in [0.1, 0.15) is 0 Å². The molecule has 0 saturated heterocycles. The molecular formula is C27H28N2O. The van der Waals surface area contributed by atoms with Gasteiger partial charge in [-0.15, -0.1) is 0 Å². The van der Waals surface area contributed by atoms with E-state index in [0.717, 1.165) is 42.8 Å². The molecule has 1 aliphatic carbocycles. The van der Waals surface area contributed by atoms with Gasteiger partial charge in [-0.1, -0.05) is 42.5 Å². The number of carbonyl (C=O) groups excluding carboxylic acids is 1. The Morgan fingerprint density at radius 3 is 2.47 bits per heavy atom. The van der Waals surface area contributed by atoms with Crippen LogP contribution in [0.2, 0.25) is 0 Å². The van der Waals surface area contributed by atoms with Gasteiger partial charge in [0.2, 0.25) is 0 Å². The van der Waals surface area contributed by atoms with Gasteiger partial charge in [0.15, 0.2) is 5.78 Å². The highest BCUT2D eigenvalue weighted by atomic mass is 16.1. The first-order valence-electron chi connectivity index (χ1n) is 11.1. The Balaban J connectivity index is 1.64. The van der Waals surface area contributed by atoms with Crippen molar-refractivity contribution in [3.05, 3.63) is 77.4 Å². The number of nitrogens with one attached hydrogen (secondary N) is 1. The molecule has 0 bridgehead atoms. The number of rotatable bonds is 4. The number of ketones is 1. The Kier molecular flexibility index (Phi) is 4.82. The van der Waals surface area contributed by atoms with Crippen LogP contribution in [0.25, 0.3) is 16.3 Å². The van der Waals surface area contributed by atoms with E-state index in [1.807, 2.05) is 0 Å². The second-order valence-electron chi connectivity index (χ2n) is 8.22. The molecule has 3 aromatic carbocycles. The van der Waals surface area contributed by atoms with Gasteiger partial charge in [0.05, 0.1) is 6.04 Å². The Hall–Kier alpha value is -3.07. The van der Waals surface area contributed by atoms with Crippen molar-refractivity contribution in [3.63, 3.8) is 0 Å². The summed E-state index contributed by atoms with van der Waals surface area (Å²) in [4.78, 5) is 15.5. The predicted octanol–water partition coefficient (Wildman–Crippen LogP) is 6.36. The van der Waals surface area contributed by atoms with E-state index in [1.54, 1.807) is 0 Å². The SMILES string of the molecule is CCN(CC)c1ccc([C@@H]2Nc3ccc4ccccc4c3C3=C2C(=O)CCC3)cc1. The normalized spacial score (nSPS) is 18.1. The van der Waals surface area contributed by atoms with Crippen LogP contribution in [0.15, 0.2) is 66.2 Å². The smallest absolute Gasteiger partial charge is 0.161 e. The summed E-state index contributed by atoms with van der Waals surface area (Å²) >= 11 is 0. The van der Waals surface area contributed by atoms with Crippen LogP contribution in [0.1, 0.15) is 50.3 Å². The maximum Gasteiger partial charge on any atom is 0.161 e. The fourth-order valence-electron chi connectivity index (χ4n) is 5.12. The van der Waals surface area contributed by atoms with Crippen molar-refractivity contribution in [2.75, 3.05) is 23.3 Å². The van der Waals surface area contributed by atoms with Crippen molar-refractivity contribution in [2.45, 2.75) is 39.2 Å². The van der Waals surface area contributed by atoms with Gasteiger partial charge >= 0.3 is 0 Å². The lowest BCUT2D eigenvalue weighted by Gasteiger charge is -2.35. The second-order valence-corrected chi connectivity index (χ2v) is 8.22. The summed E-state index contributed by atoms with van der Waals surface area (Å²) < 4.78 is 0. The summed E-state index contributed by atoms with van der Waals surface area (Å²) in [6, 6.07) is 21.5. The lowest BCUT2D eigenvalue weighted by molar-refractivity contribution is -0.116. The van der Waals surface area contributed by atoms with Crippen LogP contribution in [0.5, 0.6) is 0 Å². The number of benzene rings is 3. The number of hydrogen-bond acceptors (Lipinski definition) is 3. The monoisotopic (exact) mass is 396 g/mol. The molecule has 1 atom stereocenters. The predicted molar refractivity (Wildman–Crippen MR) is 126 cm³/mol. The molecule has 0 unspecified atom stereocenters. The summed E-state index contributed by atoms with van der Waals surface area (Å²) in [5, 5.41) is 6.18. The number of allylic oxidation sites excluding steroid dienone is 1. The Morgan fingerprint density at radius 2 is 1.70 bits per heavy atom. The molecular weight excluding hydrogens is 368 g/mol. The van der Waals surface area contributed by atoms with Crippen LogP contribution in [-0.4, -0.2) is 18.9 Å². The van der Waals surface area contributed by atoms with Crippen LogP contribution in [0, 0.1) is 0 Å². The van der Waals surface area contributed by atoms with E-state index < -0.39 is 0 Å². The first kappa shape index (κ1) is 18.9. The van der Waals surface area contributed by atoms with Gasteiger partial charge in [0, 0.05) is 42.0 Å². The number of carbonyl (C=O) groups is 1. The Morgan fingerprint density at radius 1 is 0.933 bits per heavy atom. The molecule has 30 heavy (non-hydrogen) atoms. The zero-order chi connectivity index (χ0) is 20.7. The molecule has 0 spiro atoms. The largest absolute Gasteiger partial charge is 0.373 e. The lowest BCUT2D eigenvalue weighted by atomic mass is 9.77. The van der Waals surface area contributed by atoms with Crippen molar-refractivity contribution < 1.29 is 4.79 Å². The average Bonchev–Trinajstić information content (AvgIpc) is 2.79. The van der Waals surface area contributed by atoms with Crippen molar-refractivity contribution in [3.8, 4) is 0 Å². The highest BCUT2D eigenvalue weighted by Gasteiger charge is 2.34. The summed E-state index contributed by atoms with van der Waals surface area (Å²) in [6.45, 7) is 6.34. The van der Waals surface area contributed by atoms with Gasteiger partial charge in [-0.25, -0.2) is 0 Å². The molecule has 1 heterocycles. The van der Waals surface area contributed by atoms with E-state index in [1.165, 1.54) is 27.6 Å². The number of hydrogen-bond donors (Lipinski definition) is 1. The van der Waals surface area contributed by atoms with Gasteiger partial charge < -0.3 is 10.2 Å². The molecule has 2 aliphatic rings. The minimum Gasteiger partial charge on any atom is -0.373 e. The number of anilines is 2. The van der Waals surface area contributed by atoms with Gasteiger partial charge in [-0.05, 0) is 66.8 Å². The molecule has 0 aromatic heterocycles. The van der Waals surface area contributed by atoms with E-state index in [-0.39, 0.29) is 6.04 Å². The molecule has 0 radical (unpaired) electrons. The van der Waals surface area contributed by atoms with E-state index in [9.17, 15) is 4.79 Å². The van der Waals surface area contributed by atoms with Crippen LogP contribution in [0.4, 0.5) is 11.4 Å². The molecule has 5 rings (SSSR count). The average molecular weight is 397 g/mol. The van der Waals surface area contributed by atoms with Crippen LogP contribution in [-0.2, 0) is 4.79 Å². The summed E-state index contributed by atoms with van der Waals surface area (Å²) in [5.74, 6) is 0.292. The molecule has 152 valence electrons. The van der Waals surface area contributed by atoms with Crippen molar-refractivity contribution in [1.82, 2.24) is 0 Å². The molecule has 0 amide bonds. The summed E-state index contributed by atoms with van der Waals surface area (Å²) in [5.41, 5.74) is 6.98. The first-order valence-corrected chi connectivity index (χ1v) is 11.1. The Bertz CT molecular complexity index is 1140. The Labute approximate surface area is 178 Å². The second kappa shape index (κ2) is 7.64. The van der Waals surface area contributed by atoms with Crippen molar-refractivity contribution in [2.24, 2.45) is 0 Å². The number of nitrogens with zero attached hydrogens (tertiary/aromatic N) is 1. The fraction of sp³-hybridized carbons (Fsp3) is 0.296. The maximum atomic E-state index is 13.1. The number of fused-ring (bicyclic) bond motifs is 4. The zero-order valence-corrected chi connectivity index (χ0v) is 17.7. The maximum absolute atomic E-state index is 13.1. The van der Waals surface area contributed by atoms with Crippen LogP contribution >= 0.6 is 0 Å². The third kappa shape index (κ3) is 3.00. The van der Waals surface area contributed by atoms with Crippen molar-refractivity contribution >= 4 is 33.5 Å². The van der Waals surface area contributed by atoms with E-state index in [4.69, 9.17) is 0 Å².